The minimum absolute atomic E-state index is 0.0164. The first-order valence-electron chi connectivity index (χ1n) is 8.96. The molecule has 0 fully saturated rings. The molecular weight excluding hydrogens is 406 g/mol. The van der Waals surface area contributed by atoms with E-state index < -0.39 is 15.9 Å². The molecule has 9 heteroatoms. The summed E-state index contributed by atoms with van der Waals surface area (Å²) >= 11 is 0. The second kappa shape index (κ2) is 9.27. The van der Waals surface area contributed by atoms with Crippen LogP contribution in [-0.4, -0.2) is 33.5 Å². The number of hydrogen-bond donors (Lipinski definition) is 2. The van der Waals surface area contributed by atoms with Crippen LogP contribution in [0.25, 0.3) is 0 Å². The number of pyridine rings is 1. The predicted molar refractivity (Wildman–Crippen MR) is 112 cm³/mol. The average Bonchev–Trinajstić information content (AvgIpc) is 2.77. The molecular formula is C21H21N3O5S. The van der Waals surface area contributed by atoms with Crippen molar-refractivity contribution in [1.29, 1.82) is 0 Å². The molecule has 2 N–H and O–H groups in total. The summed E-state index contributed by atoms with van der Waals surface area (Å²) in [4.78, 5) is 16.6. The Morgan fingerprint density at radius 1 is 0.967 bits per heavy atom. The van der Waals surface area contributed by atoms with Crippen molar-refractivity contribution in [3.8, 4) is 11.5 Å². The number of anilines is 1. The van der Waals surface area contributed by atoms with E-state index in [-0.39, 0.29) is 17.0 Å². The summed E-state index contributed by atoms with van der Waals surface area (Å²) in [5.74, 6) is 0.553. The van der Waals surface area contributed by atoms with Gasteiger partial charge in [-0.3, -0.25) is 14.5 Å². The first kappa shape index (κ1) is 21.1. The maximum Gasteiger partial charge on any atom is 0.262 e. The Morgan fingerprint density at radius 3 is 2.30 bits per heavy atom. The maximum absolute atomic E-state index is 12.8. The molecule has 156 valence electrons. The van der Waals surface area contributed by atoms with Gasteiger partial charge in [0.1, 0.15) is 16.4 Å². The Labute approximate surface area is 174 Å². The molecule has 0 spiro atoms. The Morgan fingerprint density at radius 2 is 1.67 bits per heavy atom. The third kappa shape index (κ3) is 4.69. The van der Waals surface area contributed by atoms with Crippen LogP contribution in [0.4, 0.5) is 5.69 Å². The summed E-state index contributed by atoms with van der Waals surface area (Å²) in [6.07, 6.45) is 2.92. The molecule has 30 heavy (non-hydrogen) atoms. The minimum atomic E-state index is -4.00. The summed E-state index contributed by atoms with van der Waals surface area (Å²) in [7, 11) is -0.958. The highest BCUT2D eigenvalue weighted by atomic mass is 32.2. The highest BCUT2D eigenvalue weighted by Gasteiger charge is 2.23. The van der Waals surface area contributed by atoms with E-state index in [1.165, 1.54) is 38.7 Å². The van der Waals surface area contributed by atoms with E-state index in [4.69, 9.17) is 9.47 Å². The predicted octanol–water partition coefficient (Wildman–Crippen LogP) is 2.83. The van der Waals surface area contributed by atoms with E-state index in [2.05, 4.69) is 15.0 Å². The number of hydrogen-bond acceptors (Lipinski definition) is 6. The van der Waals surface area contributed by atoms with Gasteiger partial charge in [-0.1, -0.05) is 18.2 Å². The second-order valence-electron chi connectivity index (χ2n) is 6.17. The smallest absolute Gasteiger partial charge is 0.262 e. The van der Waals surface area contributed by atoms with Crippen molar-refractivity contribution in [1.82, 2.24) is 10.3 Å². The van der Waals surface area contributed by atoms with Crippen molar-refractivity contribution in [2.45, 2.75) is 11.4 Å². The van der Waals surface area contributed by atoms with Crippen LogP contribution in [0.1, 0.15) is 15.9 Å². The monoisotopic (exact) mass is 427 g/mol. The van der Waals surface area contributed by atoms with Gasteiger partial charge in [-0.2, -0.15) is 0 Å². The molecule has 1 aromatic heterocycles. The molecule has 0 atom stereocenters. The van der Waals surface area contributed by atoms with Crippen LogP contribution < -0.4 is 19.5 Å². The van der Waals surface area contributed by atoms with Crippen molar-refractivity contribution < 1.29 is 22.7 Å². The van der Waals surface area contributed by atoms with Gasteiger partial charge in [0, 0.05) is 6.20 Å². The number of aromatic nitrogens is 1. The number of rotatable bonds is 8. The molecule has 3 aromatic rings. The standard InChI is InChI=1S/C21H21N3O5S/c1-28-18-9-5-10-19(29-2)17(18)14-23-21(25)16-8-3-4-11-20(16)30(26,27)24-15-7-6-12-22-13-15/h3-13,24H,14H2,1-2H3,(H,23,25). The van der Waals surface area contributed by atoms with Crippen LogP contribution in [0.2, 0.25) is 0 Å². The third-order valence-electron chi connectivity index (χ3n) is 4.29. The third-order valence-corrected chi connectivity index (χ3v) is 5.73. The second-order valence-corrected chi connectivity index (χ2v) is 7.82. The lowest BCUT2D eigenvalue weighted by Gasteiger charge is -2.15. The molecule has 3 rings (SSSR count). The van der Waals surface area contributed by atoms with Gasteiger partial charge in [-0.15, -0.1) is 0 Å². The van der Waals surface area contributed by atoms with Crippen LogP contribution in [0.5, 0.6) is 11.5 Å². The molecule has 8 nitrogen and oxygen atoms in total. The summed E-state index contributed by atoms with van der Waals surface area (Å²) in [6, 6.07) is 14.4. The van der Waals surface area contributed by atoms with Gasteiger partial charge in [0.25, 0.3) is 15.9 Å². The molecule has 2 aromatic carbocycles. The van der Waals surface area contributed by atoms with Gasteiger partial charge >= 0.3 is 0 Å². The fraction of sp³-hybridized carbons (Fsp3) is 0.143. The van der Waals surface area contributed by atoms with E-state index >= 15 is 0 Å². The van der Waals surface area contributed by atoms with E-state index in [0.717, 1.165) is 0 Å². The van der Waals surface area contributed by atoms with Gasteiger partial charge < -0.3 is 14.8 Å². The van der Waals surface area contributed by atoms with Gasteiger partial charge in [0.2, 0.25) is 0 Å². The number of nitrogens with one attached hydrogen (secondary N) is 2. The molecule has 0 saturated carbocycles. The lowest BCUT2D eigenvalue weighted by atomic mass is 10.1. The summed E-state index contributed by atoms with van der Waals surface area (Å²) < 4.78 is 38.8. The lowest BCUT2D eigenvalue weighted by Crippen LogP contribution is -2.26. The normalized spacial score (nSPS) is 10.9. The molecule has 0 radical (unpaired) electrons. The van der Waals surface area contributed by atoms with E-state index in [9.17, 15) is 13.2 Å². The molecule has 0 saturated heterocycles. The van der Waals surface area contributed by atoms with Crippen molar-refractivity contribution in [3.05, 3.63) is 78.1 Å². The molecule has 0 unspecified atom stereocenters. The zero-order valence-electron chi connectivity index (χ0n) is 16.5. The van der Waals surface area contributed by atoms with Gasteiger partial charge in [-0.05, 0) is 36.4 Å². The Balaban J connectivity index is 1.85. The number of sulfonamides is 1. The largest absolute Gasteiger partial charge is 0.496 e. The van der Waals surface area contributed by atoms with E-state index in [1.54, 1.807) is 42.5 Å². The number of amides is 1. The van der Waals surface area contributed by atoms with Gasteiger partial charge in [0.15, 0.2) is 0 Å². The van der Waals surface area contributed by atoms with Crippen LogP contribution in [0, 0.1) is 0 Å². The van der Waals surface area contributed by atoms with Gasteiger partial charge in [0.05, 0.1) is 43.8 Å². The number of carbonyl (C=O) groups is 1. The Kier molecular flexibility index (Phi) is 6.53. The fourth-order valence-corrected chi connectivity index (χ4v) is 4.14. The molecule has 0 aliphatic rings. The Bertz CT molecular complexity index is 1110. The quantitative estimate of drug-likeness (QED) is 0.573. The van der Waals surface area contributed by atoms with Crippen LogP contribution in [0.15, 0.2) is 71.9 Å². The number of methoxy groups -OCH3 is 2. The lowest BCUT2D eigenvalue weighted by molar-refractivity contribution is 0.0947. The topological polar surface area (TPSA) is 107 Å². The number of nitrogens with zero attached hydrogens (tertiary/aromatic N) is 1. The first-order valence-corrected chi connectivity index (χ1v) is 10.4. The van der Waals surface area contributed by atoms with Crippen LogP contribution in [0.3, 0.4) is 0 Å². The van der Waals surface area contributed by atoms with Gasteiger partial charge in [-0.25, -0.2) is 8.42 Å². The summed E-state index contributed by atoms with van der Waals surface area (Å²) in [5.41, 5.74) is 0.957. The van der Waals surface area contributed by atoms with E-state index in [1.807, 2.05) is 0 Å². The van der Waals surface area contributed by atoms with Crippen molar-refractivity contribution in [3.63, 3.8) is 0 Å². The molecule has 0 aliphatic heterocycles. The highest BCUT2D eigenvalue weighted by molar-refractivity contribution is 7.92. The zero-order chi connectivity index (χ0) is 21.6. The fourth-order valence-electron chi connectivity index (χ4n) is 2.89. The number of ether oxygens (including phenoxy) is 2. The van der Waals surface area contributed by atoms with Crippen LogP contribution in [-0.2, 0) is 16.6 Å². The first-order chi connectivity index (χ1) is 14.5. The minimum Gasteiger partial charge on any atom is -0.496 e. The zero-order valence-corrected chi connectivity index (χ0v) is 17.3. The number of benzene rings is 2. The van der Waals surface area contributed by atoms with Crippen molar-refractivity contribution in [2.24, 2.45) is 0 Å². The molecule has 0 aliphatic carbocycles. The average molecular weight is 427 g/mol. The summed E-state index contributed by atoms with van der Waals surface area (Å²) in [6.45, 7) is 0.0937. The SMILES string of the molecule is COc1cccc(OC)c1CNC(=O)c1ccccc1S(=O)(=O)Nc1cccnc1. The van der Waals surface area contributed by atoms with Crippen molar-refractivity contribution in [2.75, 3.05) is 18.9 Å². The Hall–Kier alpha value is -3.59. The molecule has 1 heterocycles. The van der Waals surface area contributed by atoms with E-state index in [0.29, 0.717) is 22.7 Å². The number of carbonyl (C=O) groups excluding carboxylic acids is 1. The molecule has 1 amide bonds. The maximum atomic E-state index is 12.8. The van der Waals surface area contributed by atoms with Crippen LogP contribution >= 0.6 is 0 Å². The highest BCUT2D eigenvalue weighted by Crippen LogP contribution is 2.28. The molecule has 0 bridgehead atoms. The van der Waals surface area contributed by atoms with Crippen molar-refractivity contribution >= 4 is 21.6 Å². The summed E-state index contributed by atoms with van der Waals surface area (Å²) in [5, 5.41) is 2.74.